The van der Waals surface area contributed by atoms with Crippen molar-refractivity contribution >= 4 is 17.4 Å². The number of benzene rings is 1. The summed E-state index contributed by atoms with van der Waals surface area (Å²) in [6, 6.07) is 4.13. The van der Waals surface area contributed by atoms with Crippen LogP contribution in [0.2, 0.25) is 0 Å². The van der Waals surface area contributed by atoms with Gasteiger partial charge >= 0.3 is 0 Å². The van der Waals surface area contributed by atoms with E-state index in [0.717, 1.165) is 18.2 Å². The monoisotopic (exact) mass is 250 g/mol. The van der Waals surface area contributed by atoms with E-state index in [1.807, 2.05) is 0 Å². The maximum absolute atomic E-state index is 13.0. The Kier molecular flexibility index (Phi) is 3.00. The number of aromatic amines is 1. The predicted octanol–water partition coefficient (Wildman–Crippen LogP) is 1.71. The minimum absolute atomic E-state index is 0.263. The molecule has 2 N–H and O–H groups in total. The van der Waals surface area contributed by atoms with E-state index in [-0.39, 0.29) is 11.4 Å². The van der Waals surface area contributed by atoms with Crippen molar-refractivity contribution in [2.24, 2.45) is 0 Å². The van der Waals surface area contributed by atoms with Crippen LogP contribution >= 0.6 is 0 Å². The highest BCUT2D eigenvalue weighted by Crippen LogP contribution is 2.20. The van der Waals surface area contributed by atoms with Gasteiger partial charge in [0.25, 0.3) is 11.6 Å². The number of nitro benzene ring substituents is 1. The zero-order valence-electron chi connectivity index (χ0n) is 8.88. The number of halogens is 1. The Morgan fingerprint density at radius 1 is 1.44 bits per heavy atom. The van der Waals surface area contributed by atoms with Crippen LogP contribution < -0.4 is 5.32 Å². The Hall–Kier alpha value is -2.77. The van der Waals surface area contributed by atoms with Gasteiger partial charge in [-0.05, 0) is 12.1 Å². The first-order chi connectivity index (χ1) is 8.58. The second-order valence-electron chi connectivity index (χ2n) is 3.34. The number of hydrogen-bond donors (Lipinski definition) is 2. The van der Waals surface area contributed by atoms with Crippen LogP contribution in [0.25, 0.3) is 0 Å². The normalized spacial score (nSPS) is 10.1. The summed E-state index contributed by atoms with van der Waals surface area (Å²) in [6.07, 6.45) is 1.40. The average Bonchev–Trinajstić information content (AvgIpc) is 2.81. The van der Waals surface area contributed by atoms with Gasteiger partial charge in [-0.25, -0.2) is 4.39 Å². The number of nitrogens with zero attached hydrogens (tertiary/aromatic N) is 2. The van der Waals surface area contributed by atoms with E-state index in [2.05, 4.69) is 15.5 Å². The number of anilines is 1. The lowest BCUT2D eigenvalue weighted by molar-refractivity contribution is -0.385. The van der Waals surface area contributed by atoms with Gasteiger partial charge in [-0.15, -0.1) is 0 Å². The topological polar surface area (TPSA) is 101 Å². The van der Waals surface area contributed by atoms with Crippen LogP contribution in [0.3, 0.4) is 0 Å². The Bertz CT molecular complexity index is 597. The van der Waals surface area contributed by atoms with Crippen molar-refractivity contribution in [1.82, 2.24) is 10.2 Å². The summed E-state index contributed by atoms with van der Waals surface area (Å²) in [6.45, 7) is 0. The summed E-state index contributed by atoms with van der Waals surface area (Å²) in [5.41, 5.74) is -0.817. The van der Waals surface area contributed by atoms with Gasteiger partial charge in [-0.2, -0.15) is 5.10 Å². The largest absolute Gasteiger partial charge is 0.307 e. The molecule has 0 aliphatic rings. The fourth-order valence-corrected chi connectivity index (χ4v) is 1.36. The Balaban J connectivity index is 2.34. The summed E-state index contributed by atoms with van der Waals surface area (Å²) in [4.78, 5) is 21.7. The van der Waals surface area contributed by atoms with Crippen LogP contribution in [0.15, 0.2) is 30.5 Å². The van der Waals surface area contributed by atoms with Crippen LogP contribution in [-0.4, -0.2) is 21.0 Å². The molecule has 1 aromatic heterocycles. The van der Waals surface area contributed by atoms with Crippen molar-refractivity contribution in [1.29, 1.82) is 0 Å². The van der Waals surface area contributed by atoms with E-state index >= 15 is 0 Å². The third-order valence-electron chi connectivity index (χ3n) is 2.15. The number of nitrogens with one attached hydrogen (secondary N) is 2. The van der Waals surface area contributed by atoms with Gasteiger partial charge in [0.15, 0.2) is 0 Å². The Labute approximate surface area is 99.8 Å². The molecule has 0 saturated carbocycles. The highest BCUT2D eigenvalue weighted by atomic mass is 19.1. The maximum Gasteiger partial charge on any atom is 0.282 e. The van der Waals surface area contributed by atoms with E-state index in [1.54, 1.807) is 0 Å². The number of carbonyl (C=O) groups excluding carboxylic acids is 1. The standard InChI is InChI=1S/C10H7FN4O3/c11-6-1-2-8(15(17)18)7(5-6)10(16)13-9-3-4-12-14-9/h1-5H,(H2,12,13,14,16). The van der Waals surface area contributed by atoms with Gasteiger partial charge in [0.2, 0.25) is 0 Å². The molecule has 18 heavy (non-hydrogen) atoms. The summed E-state index contributed by atoms with van der Waals surface area (Å²) in [5, 5.41) is 19.1. The van der Waals surface area contributed by atoms with Crippen molar-refractivity contribution < 1.29 is 14.1 Å². The molecule has 92 valence electrons. The molecule has 0 spiro atoms. The molecule has 0 fully saturated rings. The number of nitro groups is 1. The van der Waals surface area contributed by atoms with Crippen molar-refractivity contribution in [3.05, 3.63) is 52.0 Å². The quantitative estimate of drug-likeness (QED) is 0.639. The van der Waals surface area contributed by atoms with Crippen molar-refractivity contribution in [2.75, 3.05) is 5.32 Å². The van der Waals surface area contributed by atoms with Crippen molar-refractivity contribution in [3.63, 3.8) is 0 Å². The number of aromatic nitrogens is 2. The maximum atomic E-state index is 13.0. The number of H-pyrrole nitrogens is 1. The molecule has 7 nitrogen and oxygen atoms in total. The molecule has 0 radical (unpaired) electrons. The number of amides is 1. The first-order valence-electron chi connectivity index (χ1n) is 4.82. The molecule has 8 heteroatoms. The zero-order valence-corrected chi connectivity index (χ0v) is 8.88. The van der Waals surface area contributed by atoms with Crippen LogP contribution in [0.4, 0.5) is 15.9 Å². The molecule has 0 saturated heterocycles. The first-order valence-corrected chi connectivity index (χ1v) is 4.82. The first kappa shape index (κ1) is 11.7. The minimum atomic E-state index is -0.787. The fraction of sp³-hybridized carbons (Fsp3) is 0. The van der Waals surface area contributed by atoms with Crippen LogP contribution in [0.5, 0.6) is 0 Å². The van der Waals surface area contributed by atoms with E-state index in [9.17, 15) is 19.3 Å². The summed E-state index contributed by atoms with van der Waals surface area (Å²) in [7, 11) is 0. The summed E-state index contributed by atoms with van der Waals surface area (Å²) >= 11 is 0. The third kappa shape index (κ3) is 2.32. The zero-order chi connectivity index (χ0) is 13.1. The molecule has 1 aromatic carbocycles. The summed E-state index contributed by atoms with van der Waals surface area (Å²) in [5.74, 6) is -1.25. The lowest BCUT2D eigenvalue weighted by Gasteiger charge is -2.03. The molecular weight excluding hydrogens is 243 g/mol. The van der Waals surface area contributed by atoms with Gasteiger partial charge in [-0.3, -0.25) is 20.0 Å². The molecule has 0 bridgehead atoms. The predicted molar refractivity (Wildman–Crippen MR) is 59.6 cm³/mol. The van der Waals surface area contributed by atoms with Gasteiger partial charge in [0.1, 0.15) is 17.2 Å². The van der Waals surface area contributed by atoms with Crippen LogP contribution in [0, 0.1) is 15.9 Å². The molecule has 2 aromatic rings. The fourth-order valence-electron chi connectivity index (χ4n) is 1.36. The second-order valence-corrected chi connectivity index (χ2v) is 3.34. The lowest BCUT2D eigenvalue weighted by Crippen LogP contribution is -2.14. The van der Waals surface area contributed by atoms with Gasteiger partial charge in [0, 0.05) is 12.1 Å². The molecule has 0 atom stereocenters. The van der Waals surface area contributed by atoms with E-state index in [4.69, 9.17) is 0 Å². The van der Waals surface area contributed by atoms with Gasteiger partial charge in [0.05, 0.1) is 11.1 Å². The van der Waals surface area contributed by atoms with Gasteiger partial charge in [-0.1, -0.05) is 0 Å². The smallest absolute Gasteiger partial charge is 0.282 e. The SMILES string of the molecule is O=C(Nc1ccn[nH]1)c1cc(F)ccc1[N+](=O)[O-]. The molecule has 2 rings (SSSR count). The van der Waals surface area contributed by atoms with Crippen LogP contribution in [-0.2, 0) is 0 Å². The van der Waals surface area contributed by atoms with E-state index < -0.39 is 22.3 Å². The second kappa shape index (κ2) is 4.62. The third-order valence-corrected chi connectivity index (χ3v) is 2.15. The molecular formula is C10H7FN4O3. The van der Waals surface area contributed by atoms with Crippen LogP contribution in [0.1, 0.15) is 10.4 Å². The average molecular weight is 250 g/mol. The van der Waals surface area contributed by atoms with E-state index in [1.165, 1.54) is 12.3 Å². The Morgan fingerprint density at radius 3 is 2.83 bits per heavy atom. The number of carbonyl (C=O) groups is 1. The lowest BCUT2D eigenvalue weighted by atomic mass is 10.1. The molecule has 0 aliphatic heterocycles. The van der Waals surface area contributed by atoms with E-state index in [0.29, 0.717) is 0 Å². The molecule has 0 aliphatic carbocycles. The summed E-state index contributed by atoms with van der Waals surface area (Å²) < 4.78 is 13.0. The number of hydrogen-bond acceptors (Lipinski definition) is 4. The van der Waals surface area contributed by atoms with Gasteiger partial charge < -0.3 is 5.32 Å². The molecule has 1 heterocycles. The van der Waals surface area contributed by atoms with Crippen molar-refractivity contribution in [2.45, 2.75) is 0 Å². The minimum Gasteiger partial charge on any atom is -0.307 e. The molecule has 1 amide bonds. The molecule has 0 unspecified atom stereocenters. The highest BCUT2D eigenvalue weighted by molar-refractivity contribution is 6.06. The number of rotatable bonds is 3. The Morgan fingerprint density at radius 2 is 2.22 bits per heavy atom. The van der Waals surface area contributed by atoms with Crippen molar-refractivity contribution in [3.8, 4) is 0 Å². The highest BCUT2D eigenvalue weighted by Gasteiger charge is 2.21.